The summed E-state index contributed by atoms with van der Waals surface area (Å²) in [6.07, 6.45) is 4.34. The summed E-state index contributed by atoms with van der Waals surface area (Å²) in [6.45, 7) is 1.12. The average molecular weight is 404 g/mol. The monoisotopic (exact) mass is 404 g/mol. The Labute approximate surface area is 175 Å². The van der Waals surface area contributed by atoms with E-state index in [1.807, 2.05) is 53.5 Å². The summed E-state index contributed by atoms with van der Waals surface area (Å²) in [7, 11) is 1.58. The topological polar surface area (TPSA) is 67.9 Å². The first-order chi connectivity index (χ1) is 14.6. The summed E-state index contributed by atoms with van der Waals surface area (Å²) in [6, 6.07) is 17.3. The quantitative estimate of drug-likeness (QED) is 0.752. The Balaban J connectivity index is 1.32. The van der Waals surface area contributed by atoms with E-state index >= 15 is 0 Å². The number of likely N-dealkylation sites (tertiary alicyclic amines) is 1. The first kappa shape index (κ1) is 18.9. The van der Waals surface area contributed by atoms with Crippen molar-refractivity contribution in [2.24, 2.45) is 11.8 Å². The van der Waals surface area contributed by atoms with Crippen molar-refractivity contribution in [3.05, 3.63) is 72.3 Å². The zero-order chi connectivity index (χ0) is 20.7. The Bertz CT molecular complexity index is 1010. The van der Waals surface area contributed by atoms with E-state index in [4.69, 9.17) is 9.47 Å². The Morgan fingerprint density at radius 3 is 2.87 bits per heavy atom. The van der Waals surface area contributed by atoms with Gasteiger partial charge >= 0.3 is 0 Å². The van der Waals surface area contributed by atoms with Gasteiger partial charge in [-0.05, 0) is 24.1 Å². The lowest BCUT2D eigenvalue weighted by atomic mass is 9.77. The van der Waals surface area contributed by atoms with Crippen molar-refractivity contribution in [3.8, 4) is 5.75 Å². The van der Waals surface area contributed by atoms with E-state index in [0.717, 1.165) is 6.42 Å². The zero-order valence-corrected chi connectivity index (χ0v) is 16.8. The smallest absolute Gasteiger partial charge is 0.231 e. The molecule has 154 valence electrons. The van der Waals surface area contributed by atoms with Crippen molar-refractivity contribution < 1.29 is 19.1 Å². The molecule has 1 spiro atoms. The van der Waals surface area contributed by atoms with Gasteiger partial charge in [0.2, 0.25) is 11.8 Å². The van der Waals surface area contributed by atoms with E-state index in [9.17, 15) is 9.59 Å². The molecule has 5 rings (SSSR count). The Morgan fingerprint density at radius 2 is 2.07 bits per heavy atom. The fourth-order valence-corrected chi connectivity index (χ4v) is 4.90. The number of nitrogens with one attached hydrogen (secondary N) is 1. The van der Waals surface area contributed by atoms with Crippen molar-refractivity contribution in [3.63, 3.8) is 0 Å². The van der Waals surface area contributed by atoms with Gasteiger partial charge in [0.15, 0.2) is 0 Å². The molecule has 2 bridgehead atoms. The van der Waals surface area contributed by atoms with Crippen LogP contribution in [0.25, 0.3) is 0 Å². The number of amides is 2. The predicted molar refractivity (Wildman–Crippen MR) is 112 cm³/mol. The van der Waals surface area contributed by atoms with E-state index in [-0.39, 0.29) is 17.9 Å². The fourth-order valence-electron chi connectivity index (χ4n) is 4.90. The number of carbonyl (C=O) groups excluding carboxylic acids is 2. The number of hydrogen-bond donors (Lipinski definition) is 1. The second-order valence-electron chi connectivity index (χ2n) is 8.12. The molecule has 0 aromatic heterocycles. The van der Waals surface area contributed by atoms with Gasteiger partial charge in [0.25, 0.3) is 0 Å². The van der Waals surface area contributed by atoms with Crippen molar-refractivity contribution in [1.29, 1.82) is 0 Å². The molecule has 0 aliphatic carbocycles. The number of carbonyl (C=O) groups is 2. The van der Waals surface area contributed by atoms with Gasteiger partial charge in [-0.3, -0.25) is 9.59 Å². The van der Waals surface area contributed by atoms with Crippen LogP contribution in [0.2, 0.25) is 0 Å². The molecule has 4 atom stereocenters. The maximum absolute atomic E-state index is 13.3. The third kappa shape index (κ3) is 3.08. The summed E-state index contributed by atoms with van der Waals surface area (Å²) < 4.78 is 11.4. The molecule has 3 aliphatic rings. The highest BCUT2D eigenvalue weighted by atomic mass is 16.5. The molecule has 2 aromatic rings. The standard InChI is InChI=1S/C24H24N2O4/c1-29-18-9-5-8-17(14-18)25-22(27)20-19-10-12-24(30-19)15-26(23(28)21(20)24)13-11-16-6-3-2-4-7-16/h2-10,12,14,19-21H,11,13,15H2,1H3,(H,25,27)/t19-,20+,21+,24+/m1/s1. The molecule has 2 saturated heterocycles. The highest BCUT2D eigenvalue weighted by Gasteiger charge is 2.66. The van der Waals surface area contributed by atoms with E-state index in [1.165, 1.54) is 5.56 Å². The van der Waals surface area contributed by atoms with Crippen LogP contribution in [0.4, 0.5) is 5.69 Å². The molecule has 2 amide bonds. The number of fused-ring (bicyclic) bond motifs is 1. The van der Waals surface area contributed by atoms with Gasteiger partial charge in [0.1, 0.15) is 11.4 Å². The summed E-state index contributed by atoms with van der Waals surface area (Å²) >= 11 is 0. The van der Waals surface area contributed by atoms with Gasteiger partial charge in [0.05, 0.1) is 31.6 Å². The number of ether oxygens (including phenoxy) is 2. The second-order valence-corrected chi connectivity index (χ2v) is 8.12. The molecule has 2 fully saturated rings. The normalized spacial score (nSPS) is 28.6. The van der Waals surface area contributed by atoms with Crippen LogP contribution >= 0.6 is 0 Å². The lowest BCUT2D eigenvalue weighted by Gasteiger charge is -2.23. The minimum absolute atomic E-state index is 0.00331. The summed E-state index contributed by atoms with van der Waals surface area (Å²) in [4.78, 5) is 28.3. The van der Waals surface area contributed by atoms with Crippen LogP contribution in [-0.4, -0.2) is 48.6 Å². The van der Waals surface area contributed by atoms with Gasteiger partial charge < -0.3 is 19.7 Å². The van der Waals surface area contributed by atoms with Crippen LogP contribution < -0.4 is 10.1 Å². The van der Waals surface area contributed by atoms with E-state index in [2.05, 4.69) is 17.4 Å². The van der Waals surface area contributed by atoms with Crippen LogP contribution in [0.15, 0.2) is 66.7 Å². The first-order valence-electron chi connectivity index (χ1n) is 10.2. The predicted octanol–water partition coefficient (Wildman–Crippen LogP) is 2.66. The van der Waals surface area contributed by atoms with Crippen LogP contribution in [0.5, 0.6) is 5.75 Å². The second kappa shape index (κ2) is 7.29. The van der Waals surface area contributed by atoms with Gasteiger partial charge in [-0.2, -0.15) is 0 Å². The highest BCUT2D eigenvalue weighted by molar-refractivity contribution is 5.99. The SMILES string of the molecule is COc1cccc(NC(=O)[C@@H]2[C@H]3C(=O)N(CCc4ccccc4)C[C@@]34C=C[C@H]2O4)c1. The third-order valence-electron chi connectivity index (χ3n) is 6.33. The molecule has 3 heterocycles. The average Bonchev–Trinajstić information content (AvgIpc) is 3.41. The van der Waals surface area contributed by atoms with E-state index in [1.54, 1.807) is 13.2 Å². The number of nitrogens with zero attached hydrogens (tertiary/aromatic N) is 1. The lowest BCUT2D eigenvalue weighted by Crippen LogP contribution is -2.41. The van der Waals surface area contributed by atoms with Gasteiger partial charge in [0, 0.05) is 18.3 Å². The largest absolute Gasteiger partial charge is 0.497 e. The summed E-state index contributed by atoms with van der Waals surface area (Å²) in [5.74, 6) is -0.534. The van der Waals surface area contributed by atoms with Crippen LogP contribution in [0.1, 0.15) is 5.56 Å². The Kier molecular flexibility index (Phi) is 4.59. The van der Waals surface area contributed by atoms with Gasteiger partial charge in [-0.25, -0.2) is 0 Å². The van der Waals surface area contributed by atoms with Gasteiger partial charge in [-0.1, -0.05) is 48.6 Å². The number of anilines is 1. The first-order valence-corrected chi connectivity index (χ1v) is 10.2. The lowest BCUT2D eigenvalue weighted by molar-refractivity contribution is -0.135. The minimum atomic E-state index is -0.686. The number of benzene rings is 2. The number of hydrogen-bond acceptors (Lipinski definition) is 4. The maximum atomic E-state index is 13.3. The molecule has 1 N–H and O–H groups in total. The Hall–Kier alpha value is -3.12. The van der Waals surface area contributed by atoms with Crippen LogP contribution in [0, 0.1) is 11.8 Å². The summed E-state index contributed by atoms with van der Waals surface area (Å²) in [5.41, 5.74) is 1.15. The van der Waals surface area contributed by atoms with Gasteiger partial charge in [-0.15, -0.1) is 0 Å². The maximum Gasteiger partial charge on any atom is 0.231 e. The summed E-state index contributed by atoms with van der Waals surface area (Å²) in [5, 5.41) is 2.94. The van der Waals surface area contributed by atoms with Crippen molar-refractivity contribution in [2.75, 3.05) is 25.5 Å². The van der Waals surface area contributed by atoms with E-state index < -0.39 is 17.4 Å². The molecule has 0 saturated carbocycles. The van der Waals surface area contributed by atoms with Crippen LogP contribution in [-0.2, 0) is 20.7 Å². The number of methoxy groups -OCH3 is 1. The molecular formula is C24H24N2O4. The minimum Gasteiger partial charge on any atom is -0.497 e. The molecule has 3 aliphatic heterocycles. The zero-order valence-electron chi connectivity index (χ0n) is 16.8. The molecule has 6 heteroatoms. The molecule has 0 unspecified atom stereocenters. The number of rotatable bonds is 6. The van der Waals surface area contributed by atoms with E-state index in [0.29, 0.717) is 24.5 Å². The van der Waals surface area contributed by atoms with Crippen LogP contribution in [0.3, 0.4) is 0 Å². The van der Waals surface area contributed by atoms with Crippen molar-refractivity contribution in [1.82, 2.24) is 4.90 Å². The third-order valence-corrected chi connectivity index (χ3v) is 6.33. The molecule has 30 heavy (non-hydrogen) atoms. The van der Waals surface area contributed by atoms with Crippen molar-refractivity contribution >= 4 is 17.5 Å². The highest BCUT2D eigenvalue weighted by Crippen LogP contribution is 2.52. The Morgan fingerprint density at radius 1 is 1.23 bits per heavy atom. The fraction of sp³-hybridized carbons (Fsp3) is 0.333. The molecule has 0 radical (unpaired) electrons. The molecule has 2 aromatic carbocycles. The van der Waals surface area contributed by atoms with Crippen molar-refractivity contribution in [2.45, 2.75) is 18.1 Å². The molecular weight excluding hydrogens is 380 g/mol. The molecule has 6 nitrogen and oxygen atoms in total.